The Morgan fingerprint density at radius 1 is 0.523 bits per heavy atom. The van der Waals surface area contributed by atoms with Crippen LogP contribution in [0.1, 0.15) is 38.8 Å². The Labute approximate surface area is 257 Å². The highest BCUT2D eigenvalue weighted by Gasteiger charge is 2.34. The second-order valence-electron chi connectivity index (χ2n) is 12.2. The molecule has 212 valence electrons. The number of fused-ring (bicyclic) bond motifs is 4. The van der Waals surface area contributed by atoms with Crippen LogP contribution in [-0.4, -0.2) is 19.5 Å². The second-order valence-corrected chi connectivity index (χ2v) is 12.2. The third-order valence-electron chi connectivity index (χ3n) is 9.45. The van der Waals surface area contributed by atoms with Gasteiger partial charge in [-0.05, 0) is 60.9 Å². The van der Waals surface area contributed by atoms with Crippen molar-refractivity contribution in [2.45, 2.75) is 33.1 Å². The molecule has 44 heavy (non-hydrogen) atoms. The van der Waals surface area contributed by atoms with Crippen LogP contribution in [0, 0.1) is 0 Å². The van der Waals surface area contributed by atoms with Gasteiger partial charge in [-0.15, -0.1) is 0 Å². The highest BCUT2D eigenvalue weighted by Crippen LogP contribution is 2.48. The van der Waals surface area contributed by atoms with Crippen molar-refractivity contribution in [1.82, 2.24) is 19.5 Å². The van der Waals surface area contributed by atoms with Gasteiger partial charge in [0.1, 0.15) is 0 Å². The van der Waals surface area contributed by atoms with Crippen LogP contribution in [0.25, 0.3) is 67.2 Å². The molecule has 0 saturated heterocycles. The molecule has 0 amide bonds. The summed E-state index contributed by atoms with van der Waals surface area (Å²) in [6, 6.07) is 42.4. The summed E-state index contributed by atoms with van der Waals surface area (Å²) in [6.07, 6.45) is 0. The van der Waals surface area contributed by atoms with Crippen LogP contribution in [0.4, 0.5) is 0 Å². The topological polar surface area (TPSA) is 43.6 Å². The Balaban J connectivity index is 1.35. The van der Waals surface area contributed by atoms with E-state index in [1.165, 1.54) is 44.1 Å². The third kappa shape index (κ3) is 4.02. The number of nitrogens with zero attached hydrogens (tertiary/aromatic N) is 4. The summed E-state index contributed by atoms with van der Waals surface area (Å²) in [4.78, 5) is 14.9. The molecule has 0 N–H and O–H groups in total. The minimum Gasteiger partial charge on any atom is -0.309 e. The second kappa shape index (κ2) is 9.85. The van der Waals surface area contributed by atoms with Crippen molar-refractivity contribution in [3.8, 4) is 39.9 Å². The van der Waals surface area contributed by atoms with Crippen LogP contribution in [0.2, 0.25) is 0 Å². The van der Waals surface area contributed by atoms with E-state index in [0.717, 1.165) is 22.4 Å². The molecule has 0 spiro atoms. The fourth-order valence-corrected chi connectivity index (χ4v) is 6.72. The van der Waals surface area contributed by atoms with Crippen LogP contribution in [-0.2, 0) is 5.41 Å². The molecule has 4 nitrogen and oxygen atoms in total. The van der Waals surface area contributed by atoms with Gasteiger partial charge in [-0.25, -0.2) is 15.0 Å². The molecule has 1 aliphatic rings. The number of allylic oxidation sites excluding steroid dienone is 2. The zero-order valence-electron chi connectivity index (χ0n) is 25.3. The van der Waals surface area contributed by atoms with Gasteiger partial charge in [-0.3, -0.25) is 0 Å². The summed E-state index contributed by atoms with van der Waals surface area (Å²) in [5.74, 6) is 1.97. The predicted octanol–water partition coefficient (Wildman–Crippen LogP) is 10.1. The number of hydrogen-bond donors (Lipinski definition) is 0. The summed E-state index contributed by atoms with van der Waals surface area (Å²) in [6.45, 7) is 9.22. The highest BCUT2D eigenvalue weighted by molar-refractivity contribution is 6.11. The van der Waals surface area contributed by atoms with Gasteiger partial charge in [0, 0.05) is 38.6 Å². The third-order valence-corrected chi connectivity index (χ3v) is 9.45. The quantitative estimate of drug-likeness (QED) is 0.212. The van der Waals surface area contributed by atoms with Gasteiger partial charge in [0.15, 0.2) is 17.5 Å². The lowest BCUT2D eigenvalue weighted by Gasteiger charge is -2.22. The largest absolute Gasteiger partial charge is 0.309 e. The van der Waals surface area contributed by atoms with Crippen molar-refractivity contribution < 1.29 is 0 Å². The van der Waals surface area contributed by atoms with Gasteiger partial charge in [0.05, 0.1) is 11.0 Å². The fourth-order valence-electron chi connectivity index (χ4n) is 6.72. The lowest BCUT2D eigenvalue weighted by molar-refractivity contribution is 0.639. The molecular formula is C40H32N4. The molecule has 2 aromatic heterocycles. The monoisotopic (exact) mass is 568 g/mol. The SMILES string of the molecule is CC1=C(C)C(C)(C)c2cc3c4ccccc4n(-c4cccc(-c5nc(-c6ccccc6)nc(-c6ccccc6)n5)c4)c3cc21. The first-order chi connectivity index (χ1) is 21.4. The van der Waals surface area contributed by atoms with Gasteiger partial charge >= 0.3 is 0 Å². The first-order valence-electron chi connectivity index (χ1n) is 15.1. The molecule has 4 heteroatoms. The highest BCUT2D eigenvalue weighted by atomic mass is 15.0. The van der Waals surface area contributed by atoms with Crippen molar-refractivity contribution >= 4 is 27.4 Å². The summed E-state index contributed by atoms with van der Waals surface area (Å²) >= 11 is 0. The van der Waals surface area contributed by atoms with Crippen molar-refractivity contribution in [2.24, 2.45) is 0 Å². The number of hydrogen-bond acceptors (Lipinski definition) is 3. The van der Waals surface area contributed by atoms with E-state index in [1.807, 2.05) is 60.7 Å². The van der Waals surface area contributed by atoms with Gasteiger partial charge < -0.3 is 4.57 Å². The number of rotatable bonds is 4. The lowest BCUT2D eigenvalue weighted by atomic mass is 9.81. The maximum absolute atomic E-state index is 4.99. The Kier molecular flexibility index (Phi) is 5.89. The van der Waals surface area contributed by atoms with Gasteiger partial charge in [0.25, 0.3) is 0 Å². The van der Waals surface area contributed by atoms with Crippen molar-refractivity contribution in [3.63, 3.8) is 0 Å². The molecule has 7 aromatic rings. The molecular weight excluding hydrogens is 536 g/mol. The molecule has 0 unspecified atom stereocenters. The average molecular weight is 569 g/mol. The van der Waals surface area contributed by atoms with Gasteiger partial charge in [-0.1, -0.05) is 110 Å². The molecule has 0 fully saturated rings. The summed E-state index contributed by atoms with van der Waals surface area (Å²) < 4.78 is 2.39. The van der Waals surface area contributed by atoms with Crippen LogP contribution < -0.4 is 0 Å². The molecule has 0 aliphatic heterocycles. The number of aromatic nitrogens is 4. The molecule has 1 aliphatic carbocycles. The van der Waals surface area contributed by atoms with Crippen molar-refractivity contribution in [3.05, 3.63) is 138 Å². The minimum absolute atomic E-state index is 0.0162. The molecule has 0 radical (unpaired) electrons. The summed E-state index contributed by atoms with van der Waals surface area (Å²) in [7, 11) is 0. The first kappa shape index (κ1) is 26.3. The van der Waals surface area contributed by atoms with Crippen LogP contribution in [0.3, 0.4) is 0 Å². The van der Waals surface area contributed by atoms with E-state index in [0.29, 0.717) is 17.5 Å². The molecule has 0 saturated carbocycles. The van der Waals surface area contributed by atoms with Crippen molar-refractivity contribution in [1.29, 1.82) is 0 Å². The minimum atomic E-state index is 0.0162. The zero-order chi connectivity index (χ0) is 30.0. The Morgan fingerprint density at radius 3 is 1.75 bits per heavy atom. The smallest absolute Gasteiger partial charge is 0.164 e. The zero-order valence-corrected chi connectivity index (χ0v) is 25.3. The van der Waals surface area contributed by atoms with Crippen LogP contribution in [0.15, 0.2) is 127 Å². The van der Waals surface area contributed by atoms with E-state index in [1.54, 1.807) is 0 Å². The van der Waals surface area contributed by atoms with Crippen molar-refractivity contribution in [2.75, 3.05) is 0 Å². The fraction of sp³-hybridized carbons (Fsp3) is 0.125. The molecule has 2 heterocycles. The van der Waals surface area contributed by atoms with E-state index in [9.17, 15) is 0 Å². The maximum Gasteiger partial charge on any atom is 0.164 e. The lowest BCUT2D eigenvalue weighted by Crippen LogP contribution is -2.15. The van der Waals surface area contributed by atoms with Crippen LogP contribution >= 0.6 is 0 Å². The summed E-state index contributed by atoms with van der Waals surface area (Å²) in [5, 5.41) is 2.53. The predicted molar refractivity (Wildman–Crippen MR) is 182 cm³/mol. The Morgan fingerprint density at radius 2 is 1.09 bits per heavy atom. The maximum atomic E-state index is 4.99. The number of benzene rings is 5. The standard InChI is InChI=1S/C40H32N4/c1-25-26(2)40(3,4)34-23-33-31-20-11-12-21-35(31)44(36(33)24-32(25)34)30-19-13-18-29(22-30)39-42-37(27-14-7-5-8-15-27)41-38(43-39)28-16-9-6-10-17-28/h5-24H,1-4H3. The molecule has 0 bridgehead atoms. The Hall–Kier alpha value is -5.35. The van der Waals surface area contributed by atoms with Gasteiger partial charge in [0.2, 0.25) is 0 Å². The normalized spacial score (nSPS) is 14.0. The van der Waals surface area contributed by atoms with E-state index < -0.39 is 0 Å². The summed E-state index contributed by atoms with van der Waals surface area (Å²) in [5.41, 5.74) is 11.9. The van der Waals surface area contributed by atoms with E-state index in [-0.39, 0.29) is 5.41 Å². The molecule has 0 atom stereocenters. The van der Waals surface area contributed by atoms with Gasteiger partial charge in [-0.2, -0.15) is 0 Å². The van der Waals surface area contributed by atoms with Crippen LogP contribution in [0.5, 0.6) is 0 Å². The molecule has 5 aromatic carbocycles. The van der Waals surface area contributed by atoms with E-state index in [4.69, 9.17) is 15.0 Å². The molecule has 8 rings (SSSR count). The Bertz CT molecular complexity index is 2200. The van der Waals surface area contributed by atoms with E-state index in [2.05, 4.69) is 92.9 Å². The number of para-hydroxylation sites is 1. The van der Waals surface area contributed by atoms with E-state index >= 15 is 0 Å². The average Bonchev–Trinajstić information content (AvgIpc) is 3.48. The first-order valence-corrected chi connectivity index (χ1v) is 15.1.